The molecule has 2 atom stereocenters. The Hall–Kier alpha value is -2.34. The van der Waals surface area contributed by atoms with Crippen molar-refractivity contribution in [2.75, 3.05) is 39.8 Å². The van der Waals surface area contributed by atoms with E-state index in [1.165, 1.54) is 12.1 Å². The van der Waals surface area contributed by atoms with E-state index in [9.17, 15) is 35.9 Å². The summed E-state index contributed by atoms with van der Waals surface area (Å²) < 4.78 is 77.1. The Morgan fingerprint density at radius 2 is 1.57 bits per heavy atom. The summed E-state index contributed by atoms with van der Waals surface area (Å²) in [5, 5.41) is 0. The van der Waals surface area contributed by atoms with Crippen LogP contribution in [0.5, 0.6) is 0 Å². The minimum absolute atomic E-state index is 0.0673. The summed E-state index contributed by atoms with van der Waals surface area (Å²) in [5.41, 5.74) is 4.74. The molecule has 2 amide bonds. The van der Waals surface area contributed by atoms with Gasteiger partial charge in [0.25, 0.3) is 0 Å². The number of amides is 2. The first-order valence-electron chi connectivity index (χ1n) is 13.6. The van der Waals surface area contributed by atoms with Gasteiger partial charge in [-0.2, -0.15) is 26.3 Å². The van der Waals surface area contributed by atoms with Crippen LogP contribution < -0.4 is 5.73 Å². The molecule has 0 saturated carbocycles. The van der Waals surface area contributed by atoms with Gasteiger partial charge in [0.05, 0.1) is 5.56 Å². The lowest BCUT2D eigenvalue weighted by atomic mass is 9.83. The zero-order valence-electron chi connectivity index (χ0n) is 23.7. The molecule has 40 heavy (non-hydrogen) atoms. The molecule has 2 saturated heterocycles. The van der Waals surface area contributed by atoms with E-state index in [-0.39, 0.29) is 23.9 Å². The lowest BCUT2D eigenvalue weighted by Gasteiger charge is -2.48. The number of likely N-dealkylation sites (N-methyl/N-ethyl adjacent to an activating group) is 1. The highest BCUT2D eigenvalue weighted by Crippen LogP contribution is 2.37. The fraction of sp³-hybridized carbons (Fsp3) is 0.714. The van der Waals surface area contributed by atoms with E-state index in [4.69, 9.17) is 5.73 Å². The number of piperidine rings is 1. The van der Waals surface area contributed by atoms with E-state index < -0.39 is 30.4 Å². The fourth-order valence-electron chi connectivity index (χ4n) is 5.39. The fourth-order valence-corrected chi connectivity index (χ4v) is 5.39. The molecule has 0 spiro atoms. The zero-order chi connectivity index (χ0) is 30.3. The molecule has 2 aliphatic rings. The van der Waals surface area contributed by atoms with Crippen molar-refractivity contribution in [1.82, 2.24) is 14.7 Å². The predicted octanol–water partition coefficient (Wildman–Crippen LogP) is 6.12. The van der Waals surface area contributed by atoms with E-state index >= 15 is 0 Å². The summed E-state index contributed by atoms with van der Waals surface area (Å²) in [4.78, 5) is 26.7. The summed E-state index contributed by atoms with van der Waals surface area (Å²) >= 11 is 0. The second-order valence-electron chi connectivity index (χ2n) is 11.8. The first-order chi connectivity index (χ1) is 18.4. The van der Waals surface area contributed by atoms with Gasteiger partial charge in [-0.05, 0) is 55.3 Å². The van der Waals surface area contributed by atoms with E-state index in [1.807, 2.05) is 11.9 Å². The molecular formula is C28H42F6N4O2. The number of piperazine rings is 1. The van der Waals surface area contributed by atoms with E-state index in [2.05, 4.69) is 25.7 Å². The SMILES string of the molecule is CN1CCN(C(CCC(F)(F)F)c2ccc(C(F)(F)F)cc2)CC1C(C)(C)C.NC(=O)N1CCC(CC=O)CC1. The highest BCUT2D eigenvalue weighted by Gasteiger charge is 2.38. The largest absolute Gasteiger partial charge is 0.416 e. The van der Waals surface area contributed by atoms with Crippen LogP contribution in [0.4, 0.5) is 31.1 Å². The maximum atomic E-state index is 12.9. The van der Waals surface area contributed by atoms with E-state index in [0.29, 0.717) is 50.6 Å². The number of benzene rings is 1. The molecule has 6 nitrogen and oxygen atoms in total. The first kappa shape index (κ1) is 33.9. The van der Waals surface area contributed by atoms with Crippen LogP contribution in [0.1, 0.15) is 70.0 Å². The average Bonchev–Trinajstić information content (AvgIpc) is 2.84. The van der Waals surface area contributed by atoms with Crippen LogP contribution >= 0.6 is 0 Å². The molecule has 228 valence electrons. The number of primary amides is 1. The minimum Gasteiger partial charge on any atom is -0.351 e. The van der Waals surface area contributed by atoms with Crippen LogP contribution in [-0.2, 0) is 11.0 Å². The molecule has 1 aromatic carbocycles. The van der Waals surface area contributed by atoms with Crippen LogP contribution in [0.3, 0.4) is 0 Å². The standard InChI is InChI=1S/C20H28F6N2.C8H14N2O2/c1-18(2,3)17-13-28(12-11-27(17)4)16(9-10-19(21,22)23)14-5-7-15(8-6-14)20(24,25)26;9-8(12)10-4-1-7(2-5-10)3-6-11/h5-8,16-17H,9-13H2,1-4H3;6-7H,1-5H2,(H2,9,12). The van der Waals surface area contributed by atoms with Gasteiger partial charge in [0.2, 0.25) is 0 Å². The Balaban J connectivity index is 0.000000389. The van der Waals surface area contributed by atoms with Crippen molar-refractivity contribution < 1.29 is 35.9 Å². The van der Waals surface area contributed by atoms with Gasteiger partial charge >= 0.3 is 18.4 Å². The Labute approximate surface area is 232 Å². The van der Waals surface area contributed by atoms with Crippen molar-refractivity contribution in [3.8, 4) is 0 Å². The number of rotatable bonds is 6. The summed E-state index contributed by atoms with van der Waals surface area (Å²) in [5.74, 6) is 0.457. The first-order valence-corrected chi connectivity index (χ1v) is 13.6. The van der Waals surface area contributed by atoms with Crippen LogP contribution in [0.15, 0.2) is 24.3 Å². The van der Waals surface area contributed by atoms with Crippen molar-refractivity contribution in [1.29, 1.82) is 0 Å². The molecule has 2 aliphatic heterocycles. The van der Waals surface area contributed by atoms with Crippen molar-refractivity contribution in [3.63, 3.8) is 0 Å². The molecule has 2 fully saturated rings. The second kappa shape index (κ2) is 14.0. The molecule has 12 heteroatoms. The summed E-state index contributed by atoms with van der Waals surface area (Å²) in [6, 6.07) is 3.76. The molecule has 0 radical (unpaired) electrons. The van der Waals surface area contributed by atoms with Gasteiger partial charge in [0, 0.05) is 57.6 Å². The van der Waals surface area contributed by atoms with Gasteiger partial charge < -0.3 is 20.3 Å². The number of nitrogens with two attached hydrogens (primary N) is 1. The Bertz CT molecular complexity index is 938. The average molecular weight is 581 g/mol. The molecule has 3 rings (SSSR count). The van der Waals surface area contributed by atoms with Gasteiger partial charge in [0.15, 0.2) is 0 Å². The van der Waals surface area contributed by atoms with Crippen molar-refractivity contribution in [2.45, 2.75) is 77.3 Å². The third kappa shape index (κ3) is 10.6. The van der Waals surface area contributed by atoms with Crippen molar-refractivity contribution in [2.24, 2.45) is 17.1 Å². The molecule has 2 heterocycles. The number of halogens is 6. The summed E-state index contributed by atoms with van der Waals surface area (Å²) in [7, 11) is 2.00. The van der Waals surface area contributed by atoms with Gasteiger partial charge in [-0.15, -0.1) is 0 Å². The van der Waals surface area contributed by atoms with Gasteiger partial charge in [0.1, 0.15) is 6.29 Å². The minimum atomic E-state index is -4.47. The zero-order valence-corrected chi connectivity index (χ0v) is 23.7. The van der Waals surface area contributed by atoms with E-state index in [1.54, 1.807) is 4.90 Å². The lowest BCUT2D eigenvalue weighted by molar-refractivity contribution is -0.139. The Kier molecular flexibility index (Phi) is 11.9. The molecule has 1 aromatic rings. The Morgan fingerprint density at radius 1 is 1.00 bits per heavy atom. The highest BCUT2D eigenvalue weighted by molar-refractivity contribution is 5.72. The van der Waals surface area contributed by atoms with Crippen molar-refractivity contribution >= 4 is 12.3 Å². The molecule has 0 aliphatic carbocycles. The molecule has 2 N–H and O–H groups in total. The lowest BCUT2D eigenvalue weighted by Crippen LogP contribution is -2.57. The third-order valence-electron chi connectivity index (χ3n) is 7.80. The highest BCUT2D eigenvalue weighted by atomic mass is 19.4. The van der Waals surface area contributed by atoms with Gasteiger partial charge in [-0.1, -0.05) is 32.9 Å². The predicted molar refractivity (Wildman–Crippen MR) is 141 cm³/mol. The monoisotopic (exact) mass is 580 g/mol. The second-order valence-corrected chi connectivity index (χ2v) is 11.8. The summed E-state index contributed by atoms with van der Waals surface area (Å²) in [6.45, 7) is 9.50. The van der Waals surface area contributed by atoms with Gasteiger partial charge in [-0.25, -0.2) is 4.79 Å². The maximum absolute atomic E-state index is 12.9. The molecule has 0 bridgehead atoms. The van der Waals surface area contributed by atoms with Gasteiger partial charge in [-0.3, -0.25) is 4.90 Å². The number of nitrogens with zero attached hydrogens (tertiary/aromatic N) is 3. The van der Waals surface area contributed by atoms with E-state index in [0.717, 1.165) is 31.3 Å². The number of hydrogen-bond acceptors (Lipinski definition) is 4. The van der Waals surface area contributed by atoms with Crippen LogP contribution in [0.25, 0.3) is 0 Å². The number of likely N-dealkylation sites (tertiary alicyclic amines) is 1. The number of alkyl halides is 6. The third-order valence-corrected chi connectivity index (χ3v) is 7.80. The number of carbonyl (C=O) groups excluding carboxylic acids is 2. The molecular weight excluding hydrogens is 538 g/mol. The number of urea groups is 1. The topological polar surface area (TPSA) is 69.9 Å². The van der Waals surface area contributed by atoms with Crippen molar-refractivity contribution in [3.05, 3.63) is 35.4 Å². The normalized spacial score (nSPS) is 20.9. The smallest absolute Gasteiger partial charge is 0.351 e. The molecule has 2 unspecified atom stereocenters. The summed E-state index contributed by atoms with van der Waals surface area (Å²) in [6.07, 6.45) is -6.54. The molecule has 0 aromatic heterocycles. The maximum Gasteiger partial charge on any atom is 0.416 e. The Morgan fingerprint density at radius 3 is 2.02 bits per heavy atom. The van der Waals surface area contributed by atoms with Crippen LogP contribution in [0.2, 0.25) is 0 Å². The van der Waals surface area contributed by atoms with Crippen LogP contribution in [0, 0.1) is 11.3 Å². The quantitative estimate of drug-likeness (QED) is 0.325. The number of hydrogen-bond donors (Lipinski definition) is 1. The van der Waals surface area contributed by atoms with Crippen LogP contribution in [-0.4, -0.2) is 79.0 Å². The number of aldehydes is 1. The number of carbonyl (C=O) groups is 2.